The summed E-state index contributed by atoms with van der Waals surface area (Å²) < 4.78 is 25.3. The highest BCUT2D eigenvalue weighted by atomic mass is 32.2. The molecule has 2 rings (SSSR count). The van der Waals surface area contributed by atoms with E-state index in [-0.39, 0.29) is 0 Å². The Hall–Kier alpha value is -1.17. The minimum Gasteiger partial charge on any atom is -0.323 e. The molecule has 20 heavy (non-hydrogen) atoms. The molecule has 108 valence electrons. The highest BCUT2D eigenvalue weighted by molar-refractivity contribution is 7.94. The summed E-state index contributed by atoms with van der Waals surface area (Å²) in [5.41, 5.74) is 8.22. The van der Waals surface area contributed by atoms with Gasteiger partial charge in [-0.3, -0.25) is 0 Å². The molecule has 0 radical (unpaired) electrons. The molecule has 0 saturated carbocycles. The molecule has 0 amide bonds. The Morgan fingerprint density at radius 1 is 1.20 bits per heavy atom. The van der Waals surface area contributed by atoms with Crippen LogP contribution in [0.5, 0.6) is 0 Å². The fourth-order valence-electron chi connectivity index (χ4n) is 2.05. The Morgan fingerprint density at radius 3 is 2.35 bits per heavy atom. The van der Waals surface area contributed by atoms with E-state index in [1.54, 1.807) is 24.4 Å². The normalized spacial score (nSPS) is 14.9. The van der Waals surface area contributed by atoms with Crippen LogP contribution in [0.25, 0.3) is 0 Å². The second-order valence-electron chi connectivity index (χ2n) is 4.80. The number of aryl methyl sites for hydroxylation is 1. The fourth-order valence-corrected chi connectivity index (χ4v) is 4.83. The SMILES string of the molecule is CCc1ccc(C(N)C(C)S(=O)(=O)c2cccs2)cc1. The lowest BCUT2D eigenvalue weighted by Crippen LogP contribution is -2.30. The maximum Gasteiger partial charge on any atom is 0.192 e. The van der Waals surface area contributed by atoms with Crippen LogP contribution in [0.2, 0.25) is 0 Å². The second-order valence-corrected chi connectivity index (χ2v) is 8.28. The van der Waals surface area contributed by atoms with Crippen molar-refractivity contribution < 1.29 is 8.42 Å². The van der Waals surface area contributed by atoms with Gasteiger partial charge >= 0.3 is 0 Å². The van der Waals surface area contributed by atoms with Crippen LogP contribution in [0, 0.1) is 0 Å². The first-order valence-electron chi connectivity index (χ1n) is 6.58. The van der Waals surface area contributed by atoms with Crippen LogP contribution in [0.3, 0.4) is 0 Å². The van der Waals surface area contributed by atoms with Crippen LogP contribution in [0.15, 0.2) is 46.0 Å². The van der Waals surface area contributed by atoms with Crippen LogP contribution in [-0.4, -0.2) is 13.7 Å². The van der Waals surface area contributed by atoms with Gasteiger partial charge in [-0.25, -0.2) is 8.42 Å². The van der Waals surface area contributed by atoms with Gasteiger partial charge < -0.3 is 5.73 Å². The van der Waals surface area contributed by atoms with Crippen molar-refractivity contribution in [3.05, 3.63) is 52.9 Å². The Labute approximate surface area is 124 Å². The van der Waals surface area contributed by atoms with Crippen molar-refractivity contribution >= 4 is 21.2 Å². The Kier molecular flexibility index (Phi) is 4.62. The molecule has 0 aliphatic heterocycles. The van der Waals surface area contributed by atoms with E-state index in [1.807, 2.05) is 24.3 Å². The van der Waals surface area contributed by atoms with Crippen LogP contribution in [0.4, 0.5) is 0 Å². The highest BCUT2D eigenvalue weighted by Crippen LogP contribution is 2.28. The molecular weight excluding hydrogens is 290 g/mol. The third kappa shape index (κ3) is 2.95. The average molecular weight is 309 g/mol. The first-order chi connectivity index (χ1) is 9.46. The summed E-state index contributed by atoms with van der Waals surface area (Å²) in [6.07, 6.45) is 0.957. The lowest BCUT2D eigenvalue weighted by atomic mass is 10.0. The first kappa shape index (κ1) is 15.2. The number of rotatable bonds is 5. The van der Waals surface area contributed by atoms with E-state index in [0.29, 0.717) is 4.21 Å². The van der Waals surface area contributed by atoms with Gasteiger partial charge in [-0.15, -0.1) is 11.3 Å². The predicted octanol–water partition coefficient (Wildman–Crippen LogP) is 3.17. The van der Waals surface area contributed by atoms with E-state index < -0.39 is 21.1 Å². The Morgan fingerprint density at radius 2 is 1.85 bits per heavy atom. The summed E-state index contributed by atoms with van der Waals surface area (Å²) in [5.74, 6) is 0. The van der Waals surface area contributed by atoms with Gasteiger partial charge in [-0.2, -0.15) is 0 Å². The van der Waals surface area contributed by atoms with Crippen LogP contribution < -0.4 is 5.73 Å². The first-order valence-corrected chi connectivity index (χ1v) is 9.01. The zero-order chi connectivity index (χ0) is 14.8. The standard InChI is InChI=1S/C15H19NO2S2/c1-3-12-6-8-13(9-7-12)15(16)11(2)20(17,18)14-5-4-10-19-14/h4-11,15H,3,16H2,1-2H3. The molecule has 0 saturated heterocycles. The lowest BCUT2D eigenvalue weighted by molar-refractivity contribution is 0.567. The van der Waals surface area contributed by atoms with E-state index >= 15 is 0 Å². The van der Waals surface area contributed by atoms with Gasteiger partial charge in [0.2, 0.25) is 0 Å². The molecule has 2 atom stereocenters. The summed E-state index contributed by atoms with van der Waals surface area (Å²) in [5, 5.41) is 1.12. The third-order valence-electron chi connectivity index (χ3n) is 3.54. The largest absolute Gasteiger partial charge is 0.323 e. The summed E-state index contributed by atoms with van der Waals surface area (Å²) in [7, 11) is -3.37. The number of benzene rings is 1. The van der Waals surface area contributed by atoms with E-state index in [0.717, 1.165) is 12.0 Å². The van der Waals surface area contributed by atoms with Crippen LogP contribution >= 0.6 is 11.3 Å². The van der Waals surface area contributed by atoms with Gasteiger partial charge in [0.1, 0.15) is 4.21 Å². The van der Waals surface area contributed by atoms with Gasteiger partial charge in [-0.05, 0) is 35.9 Å². The van der Waals surface area contributed by atoms with Crippen LogP contribution in [0.1, 0.15) is 31.0 Å². The number of nitrogens with two attached hydrogens (primary N) is 1. The maximum atomic E-state index is 12.5. The second kappa shape index (κ2) is 6.08. The molecule has 1 heterocycles. The monoisotopic (exact) mass is 309 g/mol. The zero-order valence-electron chi connectivity index (χ0n) is 11.6. The minimum atomic E-state index is -3.37. The molecule has 0 fully saturated rings. The molecule has 0 aliphatic rings. The number of hydrogen-bond acceptors (Lipinski definition) is 4. The van der Waals surface area contributed by atoms with Crippen molar-refractivity contribution in [2.45, 2.75) is 35.8 Å². The molecule has 2 aromatic rings. The molecule has 2 unspecified atom stereocenters. The number of sulfone groups is 1. The van der Waals surface area contributed by atoms with Crippen LogP contribution in [-0.2, 0) is 16.3 Å². The maximum absolute atomic E-state index is 12.5. The third-order valence-corrected chi connectivity index (χ3v) is 7.16. The summed E-state index contributed by atoms with van der Waals surface area (Å²) in [6.45, 7) is 3.76. The van der Waals surface area contributed by atoms with Gasteiger partial charge in [0.05, 0.1) is 5.25 Å². The van der Waals surface area contributed by atoms with E-state index in [9.17, 15) is 8.42 Å². The summed E-state index contributed by atoms with van der Waals surface area (Å²) in [6, 6.07) is 10.7. The highest BCUT2D eigenvalue weighted by Gasteiger charge is 2.30. The molecule has 5 heteroatoms. The van der Waals surface area contributed by atoms with Gasteiger partial charge in [0.25, 0.3) is 0 Å². The lowest BCUT2D eigenvalue weighted by Gasteiger charge is -2.20. The van der Waals surface area contributed by atoms with E-state index in [1.165, 1.54) is 16.9 Å². The van der Waals surface area contributed by atoms with Crippen molar-refractivity contribution in [2.75, 3.05) is 0 Å². The Bertz CT molecular complexity index is 646. The zero-order valence-corrected chi connectivity index (χ0v) is 13.2. The minimum absolute atomic E-state index is 0.380. The summed E-state index contributed by atoms with van der Waals surface area (Å²) >= 11 is 1.23. The van der Waals surface area contributed by atoms with Gasteiger partial charge in [-0.1, -0.05) is 37.3 Å². The molecule has 3 nitrogen and oxygen atoms in total. The number of hydrogen-bond donors (Lipinski definition) is 1. The van der Waals surface area contributed by atoms with Crippen molar-refractivity contribution in [2.24, 2.45) is 5.73 Å². The topological polar surface area (TPSA) is 60.2 Å². The average Bonchev–Trinajstić information content (AvgIpc) is 3.00. The van der Waals surface area contributed by atoms with Crippen molar-refractivity contribution in [3.8, 4) is 0 Å². The fraction of sp³-hybridized carbons (Fsp3) is 0.333. The smallest absolute Gasteiger partial charge is 0.192 e. The molecule has 0 bridgehead atoms. The summed E-state index contributed by atoms with van der Waals surface area (Å²) in [4.78, 5) is 0. The predicted molar refractivity (Wildman–Crippen MR) is 83.7 cm³/mol. The molecule has 2 N–H and O–H groups in total. The number of thiophene rings is 1. The Balaban J connectivity index is 2.26. The van der Waals surface area contributed by atoms with Crippen molar-refractivity contribution in [1.82, 2.24) is 0 Å². The molecule has 1 aromatic heterocycles. The van der Waals surface area contributed by atoms with Gasteiger partial charge in [0, 0.05) is 6.04 Å². The van der Waals surface area contributed by atoms with Crippen molar-refractivity contribution in [1.29, 1.82) is 0 Å². The molecule has 0 spiro atoms. The van der Waals surface area contributed by atoms with Gasteiger partial charge in [0.15, 0.2) is 9.84 Å². The van der Waals surface area contributed by atoms with E-state index in [2.05, 4.69) is 6.92 Å². The quantitative estimate of drug-likeness (QED) is 0.923. The molecule has 0 aliphatic carbocycles. The van der Waals surface area contributed by atoms with Crippen molar-refractivity contribution in [3.63, 3.8) is 0 Å². The molecular formula is C15H19NO2S2. The van der Waals surface area contributed by atoms with E-state index in [4.69, 9.17) is 5.73 Å². The molecule has 1 aromatic carbocycles.